The molecule has 0 atom stereocenters. The van der Waals surface area contributed by atoms with Gasteiger partial charge in [0.15, 0.2) is 5.96 Å². The predicted octanol–water partition coefficient (Wildman–Crippen LogP) is 2.19. The van der Waals surface area contributed by atoms with Gasteiger partial charge in [-0.3, -0.25) is 0 Å². The highest BCUT2D eigenvalue weighted by molar-refractivity contribution is 7.11. The second kappa shape index (κ2) is 10.2. The van der Waals surface area contributed by atoms with Crippen LogP contribution in [0, 0.1) is 0 Å². The molecule has 1 aliphatic heterocycles. The van der Waals surface area contributed by atoms with E-state index in [1.807, 2.05) is 18.5 Å². The average Bonchev–Trinajstić information content (AvgIpc) is 3.19. The van der Waals surface area contributed by atoms with Crippen molar-refractivity contribution in [2.45, 2.75) is 33.4 Å². The zero-order chi connectivity index (χ0) is 18.9. The van der Waals surface area contributed by atoms with Crippen molar-refractivity contribution in [1.29, 1.82) is 0 Å². The molecule has 0 aromatic carbocycles. The first-order valence-corrected chi connectivity index (χ1v) is 10.3. The Kier molecular flexibility index (Phi) is 7.41. The maximum Gasteiger partial charge on any atom is 0.191 e. The lowest BCUT2D eigenvalue weighted by molar-refractivity contribution is 0.122. The molecular weight excluding hydrogens is 360 g/mol. The van der Waals surface area contributed by atoms with Gasteiger partial charge in [-0.25, -0.2) is 15.0 Å². The van der Waals surface area contributed by atoms with E-state index in [1.165, 1.54) is 4.88 Å². The molecule has 3 heterocycles. The van der Waals surface area contributed by atoms with Crippen molar-refractivity contribution >= 4 is 23.1 Å². The molecule has 2 aromatic rings. The summed E-state index contributed by atoms with van der Waals surface area (Å²) in [6, 6.07) is 4.07. The van der Waals surface area contributed by atoms with E-state index in [4.69, 9.17) is 9.73 Å². The summed E-state index contributed by atoms with van der Waals surface area (Å²) in [7, 11) is 0. The summed E-state index contributed by atoms with van der Waals surface area (Å²) in [5.41, 5.74) is 1.12. The molecule has 1 aliphatic rings. The fourth-order valence-corrected chi connectivity index (χ4v) is 3.67. The van der Waals surface area contributed by atoms with Gasteiger partial charge in [-0.05, 0) is 19.4 Å². The Labute approximate surface area is 164 Å². The van der Waals surface area contributed by atoms with Gasteiger partial charge >= 0.3 is 0 Å². The van der Waals surface area contributed by atoms with E-state index in [0.717, 1.165) is 61.6 Å². The predicted molar refractivity (Wildman–Crippen MR) is 110 cm³/mol. The minimum atomic E-state index is 0.577. The number of aryl methyl sites for hydroxylation is 1. The van der Waals surface area contributed by atoms with Gasteiger partial charge in [-0.15, -0.1) is 11.3 Å². The summed E-state index contributed by atoms with van der Waals surface area (Å²) in [5.74, 6) is 1.80. The minimum Gasteiger partial charge on any atom is -0.378 e. The smallest absolute Gasteiger partial charge is 0.191 e. The Morgan fingerprint density at radius 2 is 2.11 bits per heavy atom. The maximum atomic E-state index is 5.45. The number of pyridine rings is 1. The number of aromatic nitrogens is 2. The molecule has 0 amide bonds. The summed E-state index contributed by atoms with van der Waals surface area (Å²) in [6.07, 6.45) is 4.82. The van der Waals surface area contributed by atoms with Crippen molar-refractivity contribution < 1.29 is 4.74 Å². The third-order valence-corrected chi connectivity index (χ3v) is 5.43. The fraction of sp³-hybridized carbons (Fsp3) is 0.526. The van der Waals surface area contributed by atoms with Crippen molar-refractivity contribution in [3.8, 4) is 0 Å². The van der Waals surface area contributed by atoms with E-state index in [2.05, 4.69) is 45.4 Å². The third kappa shape index (κ3) is 5.64. The number of nitrogens with zero attached hydrogens (tertiary/aromatic N) is 4. The topological polar surface area (TPSA) is 74.7 Å². The number of hydrogen-bond acceptors (Lipinski definition) is 6. The molecule has 1 fully saturated rings. The van der Waals surface area contributed by atoms with Crippen LogP contribution in [0.2, 0.25) is 0 Å². The number of guanidine groups is 1. The van der Waals surface area contributed by atoms with Gasteiger partial charge in [-0.1, -0.05) is 13.0 Å². The number of aliphatic imine (C=N–C) groups is 1. The number of thiazole rings is 1. The highest BCUT2D eigenvalue weighted by Crippen LogP contribution is 2.19. The van der Waals surface area contributed by atoms with Crippen LogP contribution in [0.1, 0.15) is 29.3 Å². The molecule has 3 rings (SSSR count). The molecule has 146 valence electrons. The van der Waals surface area contributed by atoms with Gasteiger partial charge in [0.25, 0.3) is 0 Å². The monoisotopic (exact) mass is 388 g/mol. The molecule has 2 N–H and O–H groups in total. The zero-order valence-electron chi connectivity index (χ0n) is 16.1. The summed E-state index contributed by atoms with van der Waals surface area (Å²) < 4.78 is 5.45. The zero-order valence-corrected chi connectivity index (χ0v) is 16.9. The Balaban J connectivity index is 1.65. The Bertz CT molecular complexity index is 741. The molecule has 1 saturated heterocycles. The SMILES string of the molecule is CCNC(=NCc1cccnc1N1CCOCC1)NCc1ncc(CC)s1. The molecule has 0 aliphatic carbocycles. The fourth-order valence-electron chi connectivity index (χ4n) is 2.87. The Hall–Kier alpha value is -2.19. The third-order valence-electron chi connectivity index (χ3n) is 4.29. The van der Waals surface area contributed by atoms with Crippen molar-refractivity contribution in [3.05, 3.63) is 40.0 Å². The maximum absolute atomic E-state index is 5.45. The second-order valence-electron chi connectivity index (χ2n) is 6.21. The quantitative estimate of drug-likeness (QED) is 0.559. The lowest BCUT2D eigenvalue weighted by atomic mass is 10.2. The summed E-state index contributed by atoms with van der Waals surface area (Å²) in [5, 5.41) is 7.76. The van der Waals surface area contributed by atoms with Crippen LogP contribution in [-0.4, -0.2) is 48.8 Å². The molecule has 2 aromatic heterocycles. The van der Waals surface area contributed by atoms with Crippen molar-refractivity contribution in [3.63, 3.8) is 0 Å². The lowest BCUT2D eigenvalue weighted by Gasteiger charge is -2.29. The first-order valence-electron chi connectivity index (χ1n) is 9.52. The summed E-state index contributed by atoms with van der Waals surface area (Å²) in [6.45, 7) is 9.52. The molecule has 0 unspecified atom stereocenters. The van der Waals surface area contributed by atoms with Crippen LogP contribution >= 0.6 is 11.3 Å². The van der Waals surface area contributed by atoms with E-state index in [9.17, 15) is 0 Å². The van der Waals surface area contributed by atoms with Crippen LogP contribution in [0.5, 0.6) is 0 Å². The molecule has 0 bridgehead atoms. The van der Waals surface area contributed by atoms with Gasteiger partial charge in [-0.2, -0.15) is 0 Å². The highest BCUT2D eigenvalue weighted by Gasteiger charge is 2.15. The van der Waals surface area contributed by atoms with E-state index < -0.39 is 0 Å². The van der Waals surface area contributed by atoms with Crippen LogP contribution < -0.4 is 15.5 Å². The molecule has 0 saturated carbocycles. The molecular formula is C19H28N6OS. The molecule has 0 radical (unpaired) electrons. The van der Waals surface area contributed by atoms with Crippen LogP contribution in [0.25, 0.3) is 0 Å². The van der Waals surface area contributed by atoms with E-state index in [1.54, 1.807) is 11.3 Å². The van der Waals surface area contributed by atoms with Gasteiger partial charge < -0.3 is 20.3 Å². The van der Waals surface area contributed by atoms with Gasteiger partial charge in [0.05, 0.1) is 26.3 Å². The van der Waals surface area contributed by atoms with Gasteiger partial charge in [0.2, 0.25) is 0 Å². The van der Waals surface area contributed by atoms with Gasteiger partial charge in [0, 0.05) is 42.5 Å². The molecule has 8 heteroatoms. The number of hydrogen-bond donors (Lipinski definition) is 2. The van der Waals surface area contributed by atoms with E-state index >= 15 is 0 Å². The largest absolute Gasteiger partial charge is 0.378 e. The average molecular weight is 389 g/mol. The molecule has 27 heavy (non-hydrogen) atoms. The lowest BCUT2D eigenvalue weighted by Crippen LogP contribution is -2.38. The number of rotatable bonds is 7. The number of morpholine rings is 1. The highest BCUT2D eigenvalue weighted by atomic mass is 32.1. The summed E-state index contributed by atoms with van der Waals surface area (Å²) >= 11 is 1.74. The minimum absolute atomic E-state index is 0.577. The van der Waals surface area contributed by atoms with Crippen molar-refractivity contribution in [2.24, 2.45) is 4.99 Å². The van der Waals surface area contributed by atoms with Crippen LogP contribution in [0.15, 0.2) is 29.5 Å². The standard InChI is InChI=1S/C19H28N6OS/c1-3-16-13-22-17(27-16)14-24-19(20-4-2)23-12-15-6-5-7-21-18(15)25-8-10-26-11-9-25/h5-7,13H,3-4,8-12,14H2,1-2H3,(H2,20,23,24). The van der Waals surface area contributed by atoms with E-state index in [0.29, 0.717) is 13.1 Å². The first kappa shape index (κ1) is 19.6. The Morgan fingerprint density at radius 1 is 1.26 bits per heavy atom. The van der Waals surface area contributed by atoms with Crippen LogP contribution in [0.4, 0.5) is 5.82 Å². The number of ether oxygens (including phenoxy) is 1. The Morgan fingerprint density at radius 3 is 2.85 bits per heavy atom. The molecule has 7 nitrogen and oxygen atoms in total. The second-order valence-corrected chi connectivity index (χ2v) is 7.41. The van der Waals surface area contributed by atoms with E-state index in [-0.39, 0.29) is 0 Å². The van der Waals surface area contributed by atoms with Crippen LogP contribution in [-0.2, 0) is 24.2 Å². The number of nitrogens with one attached hydrogen (secondary N) is 2. The summed E-state index contributed by atoms with van der Waals surface area (Å²) in [4.78, 5) is 17.4. The van der Waals surface area contributed by atoms with Crippen molar-refractivity contribution in [1.82, 2.24) is 20.6 Å². The van der Waals surface area contributed by atoms with Gasteiger partial charge in [0.1, 0.15) is 10.8 Å². The number of anilines is 1. The molecule has 0 spiro atoms. The van der Waals surface area contributed by atoms with Crippen LogP contribution in [0.3, 0.4) is 0 Å². The normalized spacial score (nSPS) is 15.0. The first-order chi connectivity index (χ1) is 13.3. The van der Waals surface area contributed by atoms with Crippen molar-refractivity contribution in [2.75, 3.05) is 37.7 Å².